The molecule has 1 aromatic carbocycles. The van der Waals surface area contributed by atoms with E-state index in [1.54, 1.807) is 7.11 Å². The summed E-state index contributed by atoms with van der Waals surface area (Å²) in [5.41, 5.74) is 0. The molecule has 1 saturated carbocycles. The van der Waals surface area contributed by atoms with E-state index in [1.807, 2.05) is 31.3 Å². The second-order valence-corrected chi connectivity index (χ2v) is 7.95. The van der Waals surface area contributed by atoms with Gasteiger partial charge in [-0.25, -0.2) is 0 Å². The number of methoxy groups -OCH3 is 1. The second-order valence-electron chi connectivity index (χ2n) is 7.95. The molecular formula is C22H36N4O2. The minimum Gasteiger partial charge on any atom is -0.497 e. The molecule has 6 heteroatoms. The fraction of sp³-hybridized carbons (Fsp3) is 0.682. The zero-order valence-electron chi connectivity index (χ0n) is 17.6. The maximum Gasteiger partial charge on any atom is 0.191 e. The summed E-state index contributed by atoms with van der Waals surface area (Å²) in [6.45, 7) is 5.15. The molecule has 6 nitrogen and oxygen atoms in total. The molecule has 0 amide bonds. The summed E-state index contributed by atoms with van der Waals surface area (Å²) in [4.78, 5) is 7.09. The molecule has 0 radical (unpaired) electrons. The molecule has 2 N–H and O–H groups in total. The van der Waals surface area contributed by atoms with Crippen LogP contribution < -0.4 is 20.1 Å². The number of hydrogen-bond donors (Lipinski definition) is 2. The lowest BCUT2D eigenvalue weighted by atomic mass is 10.0. The Morgan fingerprint density at radius 1 is 1.18 bits per heavy atom. The van der Waals surface area contributed by atoms with Crippen molar-refractivity contribution >= 4 is 5.96 Å². The van der Waals surface area contributed by atoms with Gasteiger partial charge in [-0.2, -0.15) is 0 Å². The number of hydrogen-bond acceptors (Lipinski definition) is 4. The fourth-order valence-electron chi connectivity index (χ4n) is 4.26. The highest BCUT2D eigenvalue weighted by Gasteiger charge is 2.27. The Balaban J connectivity index is 1.38. The van der Waals surface area contributed by atoms with E-state index in [9.17, 15) is 0 Å². The molecule has 1 unspecified atom stereocenters. The van der Waals surface area contributed by atoms with E-state index in [1.165, 1.54) is 51.6 Å². The van der Waals surface area contributed by atoms with Crippen LogP contribution in [0.1, 0.15) is 45.4 Å². The maximum atomic E-state index is 5.98. The predicted octanol–water partition coefficient (Wildman–Crippen LogP) is 3.03. The molecule has 156 valence electrons. The molecule has 1 aromatic rings. The van der Waals surface area contributed by atoms with Crippen LogP contribution in [0, 0.1) is 0 Å². The first kappa shape index (κ1) is 20.8. The van der Waals surface area contributed by atoms with Gasteiger partial charge in [0.1, 0.15) is 17.6 Å². The zero-order chi connectivity index (χ0) is 19.8. The van der Waals surface area contributed by atoms with Gasteiger partial charge in [0.2, 0.25) is 0 Å². The average Bonchev–Trinajstić information content (AvgIpc) is 3.26. The summed E-state index contributed by atoms with van der Waals surface area (Å²) in [5.74, 6) is 2.48. The summed E-state index contributed by atoms with van der Waals surface area (Å²) in [7, 11) is 3.49. The molecule has 1 heterocycles. The van der Waals surface area contributed by atoms with Crippen LogP contribution in [0.5, 0.6) is 11.5 Å². The van der Waals surface area contributed by atoms with E-state index in [2.05, 4.69) is 27.4 Å². The minimum atomic E-state index is 0.0230. The first-order valence-corrected chi connectivity index (χ1v) is 10.7. The Hall–Kier alpha value is -1.95. The highest BCUT2D eigenvalue weighted by Crippen LogP contribution is 2.26. The Labute approximate surface area is 169 Å². The number of benzene rings is 1. The number of guanidine groups is 1. The van der Waals surface area contributed by atoms with E-state index in [0.29, 0.717) is 12.6 Å². The SMILES string of the molecule is CN=C(NCC(C)Oc1cccc(OC)c1)NC1CCN(C2CCCC2)CC1. The van der Waals surface area contributed by atoms with Crippen LogP contribution in [0.15, 0.2) is 29.3 Å². The van der Waals surface area contributed by atoms with Crippen molar-refractivity contribution in [3.63, 3.8) is 0 Å². The smallest absolute Gasteiger partial charge is 0.191 e. The Morgan fingerprint density at radius 3 is 2.57 bits per heavy atom. The van der Waals surface area contributed by atoms with E-state index < -0.39 is 0 Å². The lowest BCUT2D eigenvalue weighted by Gasteiger charge is -2.36. The van der Waals surface area contributed by atoms with E-state index in [4.69, 9.17) is 9.47 Å². The van der Waals surface area contributed by atoms with Gasteiger partial charge in [0.15, 0.2) is 5.96 Å². The molecule has 2 fully saturated rings. The summed E-state index contributed by atoms with van der Waals surface area (Å²) < 4.78 is 11.2. The molecule has 28 heavy (non-hydrogen) atoms. The highest BCUT2D eigenvalue weighted by atomic mass is 16.5. The van der Waals surface area contributed by atoms with Crippen molar-refractivity contribution in [2.75, 3.05) is 33.8 Å². The van der Waals surface area contributed by atoms with E-state index in [-0.39, 0.29) is 6.10 Å². The van der Waals surface area contributed by atoms with Crippen LogP contribution in [0.4, 0.5) is 0 Å². The summed E-state index contributed by atoms with van der Waals surface area (Å²) in [5, 5.41) is 6.99. The number of aliphatic imine (C=N–C) groups is 1. The number of ether oxygens (including phenoxy) is 2. The first-order valence-electron chi connectivity index (χ1n) is 10.7. The van der Waals surface area contributed by atoms with Crippen LogP contribution in [0.25, 0.3) is 0 Å². The van der Waals surface area contributed by atoms with E-state index >= 15 is 0 Å². The fourth-order valence-corrected chi connectivity index (χ4v) is 4.26. The number of likely N-dealkylation sites (tertiary alicyclic amines) is 1. The van der Waals surface area contributed by atoms with Crippen molar-refractivity contribution in [1.29, 1.82) is 0 Å². The predicted molar refractivity (Wildman–Crippen MR) is 114 cm³/mol. The van der Waals surface area contributed by atoms with Crippen LogP contribution in [-0.2, 0) is 0 Å². The molecule has 2 aliphatic rings. The average molecular weight is 389 g/mol. The zero-order valence-corrected chi connectivity index (χ0v) is 17.6. The van der Waals surface area contributed by atoms with Crippen molar-refractivity contribution in [2.24, 2.45) is 4.99 Å². The molecule has 3 rings (SSSR count). The molecule has 0 bridgehead atoms. The van der Waals surface area contributed by atoms with Gasteiger partial charge in [-0.1, -0.05) is 18.9 Å². The standard InChI is InChI=1S/C22H36N4O2/c1-17(28-21-10-6-9-20(15-21)27-3)16-24-22(23-2)25-18-11-13-26(14-12-18)19-7-4-5-8-19/h6,9-10,15,17-19H,4-5,7-8,11-14,16H2,1-3H3,(H2,23,24,25). The minimum absolute atomic E-state index is 0.0230. The third kappa shape index (κ3) is 6.03. The van der Waals surface area contributed by atoms with Gasteiger partial charge in [-0.05, 0) is 44.7 Å². The summed E-state index contributed by atoms with van der Waals surface area (Å²) in [6, 6.07) is 9.05. The highest BCUT2D eigenvalue weighted by molar-refractivity contribution is 5.80. The topological polar surface area (TPSA) is 58.1 Å². The largest absolute Gasteiger partial charge is 0.497 e. The van der Waals surface area contributed by atoms with Crippen molar-refractivity contribution < 1.29 is 9.47 Å². The van der Waals surface area contributed by atoms with Gasteiger partial charge in [-0.3, -0.25) is 4.99 Å². The third-order valence-electron chi connectivity index (χ3n) is 5.87. The van der Waals surface area contributed by atoms with E-state index in [0.717, 1.165) is 23.5 Å². The van der Waals surface area contributed by atoms with Crippen molar-refractivity contribution in [1.82, 2.24) is 15.5 Å². The quantitative estimate of drug-likeness (QED) is 0.555. The number of piperidine rings is 1. The first-order chi connectivity index (χ1) is 13.7. The summed E-state index contributed by atoms with van der Waals surface area (Å²) in [6.07, 6.45) is 8.01. The molecule has 1 aliphatic heterocycles. The Morgan fingerprint density at radius 2 is 1.89 bits per heavy atom. The molecule has 0 aromatic heterocycles. The van der Waals surface area contributed by atoms with Crippen molar-refractivity contribution in [3.8, 4) is 11.5 Å². The Kier molecular flexibility index (Phi) is 7.83. The third-order valence-corrected chi connectivity index (χ3v) is 5.87. The molecule has 1 atom stereocenters. The number of nitrogens with zero attached hydrogens (tertiary/aromatic N) is 2. The lowest BCUT2D eigenvalue weighted by molar-refractivity contribution is 0.150. The van der Waals surface area contributed by atoms with Crippen LogP contribution in [0.3, 0.4) is 0 Å². The van der Waals surface area contributed by atoms with Gasteiger partial charge in [-0.15, -0.1) is 0 Å². The van der Waals surface area contributed by atoms with Gasteiger partial charge in [0, 0.05) is 38.3 Å². The number of nitrogens with one attached hydrogen (secondary N) is 2. The van der Waals surface area contributed by atoms with Gasteiger partial charge < -0.3 is 25.0 Å². The number of rotatable bonds is 7. The van der Waals surface area contributed by atoms with Crippen LogP contribution in [0.2, 0.25) is 0 Å². The van der Waals surface area contributed by atoms with Gasteiger partial charge >= 0.3 is 0 Å². The Bertz CT molecular complexity index is 623. The molecule has 1 saturated heterocycles. The second kappa shape index (κ2) is 10.6. The lowest BCUT2D eigenvalue weighted by Crippen LogP contribution is -2.51. The monoisotopic (exact) mass is 388 g/mol. The normalized spacial score (nSPS) is 20.8. The van der Waals surface area contributed by atoms with Gasteiger partial charge in [0.05, 0.1) is 13.7 Å². The maximum absolute atomic E-state index is 5.98. The van der Waals surface area contributed by atoms with Crippen LogP contribution >= 0.6 is 0 Å². The summed E-state index contributed by atoms with van der Waals surface area (Å²) >= 11 is 0. The molecular weight excluding hydrogens is 352 g/mol. The van der Waals surface area contributed by atoms with Crippen LogP contribution in [-0.4, -0.2) is 62.8 Å². The molecule has 0 spiro atoms. The van der Waals surface area contributed by atoms with Gasteiger partial charge in [0.25, 0.3) is 0 Å². The van der Waals surface area contributed by atoms with Crippen molar-refractivity contribution in [3.05, 3.63) is 24.3 Å². The molecule has 1 aliphatic carbocycles. The van der Waals surface area contributed by atoms with Crippen molar-refractivity contribution in [2.45, 2.75) is 63.6 Å².